The third-order valence-electron chi connectivity index (χ3n) is 4.58. The molecular weight excluding hydrogens is 271 g/mol. The first-order valence-electron chi connectivity index (χ1n) is 8.55. The fraction of sp³-hybridized carbons (Fsp3) is 0.833. The third kappa shape index (κ3) is 9.76. The van der Waals surface area contributed by atoms with Gasteiger partial charge in [-0.05, 0) is 24.7 Å². The molecule has 0 unspecified atom stereocenters. The van der Waals surface area contributed by atoms with E-state index in [2.05, 4.69) is 13.5 Å². The van der Waals surface area contributed by atoms with Crippen molar-refractivity contribution in [2.45, 2.75) is 84.0 Å². The fourth-order valence-electron chi connectivity index (χ4n) is 3.14. The van der Waals surface area contributed by atoms with Crippen molar-refractivity contribution >= 4 is 5.97 Å². The maximum atomic E-state index is 10.5. The molecule has 1 saturated carbocycles. The van der Waals surface area contributed by atoms with Gasteiger partial charge in [0.05, 0.1) is 0 Å². The van der Waals surface area contributed by atoms with E-state index >= 15 is 0 Å². The van der Waals surface area contributed by atoms with Gasteiger partial charge in [-0.1, -0.05) is 83.3 Å². The second kappa shape index (κ2) is 12.7. The Morgan fingerprint density at radius 2 is 1.43 bits per heavy atom. The average molecular weight is 302 g/mol. The number of carboxylic acid groups (broad SMARTS) is 1. The van der Waals surface area contributed by atoms with Crippen LogP contribution in [0, 0.1) is 11.8 Å². The number of allylic oxidation sites excluding steroid dienone is 1. The topological polar surface area (TPSA) is 40.1 Å². The van der Waals surface area contributed by atoms with Crippen LogP contribution in [-0.4, -0.2) is 5.97 Å². The average Bonchev–Trinajstić information content (AvgIpc) is 3.00. The molecule has 1 rings (SSSR count). The summed E-state index contributed by atoms with van der Waals surface area (Å²) >= 11 is 0. The normalized spacial score (nSPS) is 20.1. The quantitative estimate of drug-likeness (QED) is 0.292. The van der Waals surface area contributed by atoms with E-state index in [1.807, 2.05) is 0 Å². The molecule has 1 fully saturated rings. The summed E-state index contributed by atoms with van der Waals surface area (Å²) in [5.41, 5.74) is 1.14. The molecule has 0 bridgehead atoms. The Hall–Kier alpha value is 0.210. The van der Waals surface area contributed by atoms with E-state index in [4.69, 9.17) is 0 Å². The molecular formula is C18H31NaO2. The summed E-state index contributed by atoms with van der Waals surface area (Å²) in [5, 5.41) is 10.5. The van der Waals surface area contributed by atoms with E-state index in [1.165, 1.54) is 64.2 Å². The monoisotopic (exact) mass is 302 g/mol. The smallest absolute Gasteiger partial charge is 0.550 e. The first-order chi connectivity index (χ1) is 9.66. The number of carboxylic acids is 1. The van der Waals surface area contributed by atoms with E-state index < -0.39 is 5.97 Å². The molecule has 0 heterocycles. The van der Waals surface area contributed by atoms with E-state index in [1.54, 1.807) is 0 Å². The zero-order valence-electron chi connectivity index (χ0n) is 14.2. The van der Waals surface area contributed by atoms with Crippen LogP contribution in [0.1, 0.15) is 84.0 Å². The van der Waals surface area contributed by atoms with Gasteiger partial charge < -0.3 is 9.90 Å². The van der Waals surface area contributed by atoms with Gasteiger partial charge in [-0.25, -0.2) is 0 Å². The molecule has 0 aromatic rings. The predicted octanol–water partition coefficient (Wildman–Crippen LogP) is 1.24. The largest absolute Gasteiger partial charge is 1.00 e. The minimum atomic E-state index is -0.929. The Morgan fingerprint density at radius 3 is 1.90 bits per heavy atom. The molecule has 0 aliphatic heterocycles. The van der Waals surface area contributed by atoms with Gasteiger partial charge in [-0.2, -0.15) is 0 Å². The summed E-state index contributed by atoms with van der Waals surface area (Å²) < 4.78 is 0. The Morgan fingerprint density at radius 1 is 0.952 bits per heavy atom. The molecule has 2 atom stereocenters. The van der Waals surface area contributed by atoms with Crippen LogP contribution in [0.15, 0.2) is 12.2 Å². The van der Waals surface area contributed by atoms with Gasteiger partial charge in [0.2, 0.25) is 0 Å². The van der Waals surface area contributed by atoms with E-state index in [0.29, 0.717) is 5.92 Å². The minimum absolute atomic E-state index is 0. The van der Waals surface area contributed by atoms with Gasteiger partial charge in [0.1, 0.15) is 0 Å². The molecule has 0 saturated heterocycles. The van der Waals surface area contributed by atoms with Crippen LogP contribution in [0.25, 0.3) is 0 Å². The van der Waals surface area contributed by atoms with Crippen molar-refractivity contribution in [3.63, 3.8) is 0 Å². The number of carbonyl (C=O) groups is 1. The van der Waals surface area contributed by atoms with Crippen LogP contribution in [0.5, 0.6) is 0 Å². The molecule has 0 amide bonds. The Labute approximate surface area is 153 Å². The summed E-state index contributed by atoms with van der Waals surface area (Å²) in [6, 6.07) is 0. The van der Waals surface area contributed by atoms with Crippen molar-refractivity contribution < 1.29 is 39.5 Å². The van der Waals surface area contributed by atoms with Crippen LogP contribution < -0.4 is 34.7 Å². The Balaban J connectivity index is 0.00000400. The second-order valence-electron chi connectivity index (χ2n) is 6.33. The number of aliphatic carboxylic acids is 1. The third-order valence-corrected chi connectivity index (χ3v) is 4.58. The Kier molecular flexibility index (Phi) is 12.9. The molecule has 3 heteroatoms. The molecule has 21 heavy (non-hydrogen) atoms. The summed E-state index contributed by atoms with van der Waals surface area (Å²) in [5.74, 6) is -0.234. The van der Waals surface area contributed by atoms with Crippen molar-refractivity contribution in [2.24, 2.45) is 11.8 Å². The first-order valence-corrected chi connectivity index (χ1v) is 8.55. The Bertz CT molecular complexity index is 302. The molecule has 1 aliphatic rings. The zero-order chi connectivity index (χ0) is 14.8. The maximum Gasteiger partial charge on any atom is 1.00 e. The molecule has 2 nitrogen and oxygen atoms in total. The van der Waals surface area contributed by atoms with Crippen LogP contribution >= 0.6 is 0 Å². The molecule has 0 spiro atoms. The zero-order valence-corrected chi connectivity index (χ0v) is 16.2. The predicted molar refractivity (Wildman–Crippen MR) is 82.2 cm³/mol. The SMILES string of the molecule is C=C1[C@@H](CC(=O)[O-])[C@H]1CCCCCCCCCCCC.[Na+]. The maximum absolute atomic E-state index is 10.5. The van der Waals surface area contributed by atoms with Crippen LogP contribution in [-0.2, 0) is 4.79 Å². The van der Waals surface area contributed by atoms with E-state index in [-0.39, 0.29) is 41.9 Å². The second-order valence-corrected chi connectivity index (χ2v) is 6.33. The number of hydrogen-bond acceptors (Lipinski definition) is 2. The van der Waals surface area contributed by atoms with Crippen LogP contribution in [0.4, 0.5) is 0 Å². The van der Waals surface area contributed by atoms with Crippen molar-refractivity contribution in [1.82, 2.24) is 0 Å². The van der Waals surface area contributed by atoms with Crippen molar-refractivity contribution in [1.29, 1.82) is 0 Å². The van der Waals surface area contributed by atoms with Gasteiger partial charge in [0.15, 0.2) is 0 Å². The number of rotatable bonds is 13. The summed E-state index contributed by atoms with van der Waals surface area (Å²) in [6.07, 6.45) is 14.8. The summed E-state index contributed by atoms with van der Waals surface area (Å²) in [4.78, 5) is 10.5. The van der Waals surface area contributed by atoms with Crippen LogP contribution in [0.3, 0.4) is 0 Å². The van der Waals surface area contributed by atoms with Gasteiger partial charge in [0, 0.05) is 5.97 Å². The van der Waals surface area contributed by atoms with Crippen molar-refractivity contribution in [3.8, 4) is 0 Å². The van der Waals surface area contributed by atoms with Crippen molar-refractivity contribution in [2.75, 3.05) is 0 Å². The molecule has 1 aliphatic carbocycles. The number of carbonyl (C=O) groups excluding carboxylic acids is 1. The molecule has 0 aromatic heterocycles. The van der Waals surface area contributed by atoms with E-state index in [0.717, 1.165) is 12.0 Å². The minimum Gasteiger partial charge on any atom is -0.550 e. The fourth-order valence-corrected chi connectivity index (χ4v) is 3.14. The van der Waals surface area contributed by atoms with Gasteiger partial charge in [0.25, 0.3) is 0 Å². The number of hydrogen-bond donors (Lipinski definition) is 0. The van der Waals surface area contributed by atoms with Crippen LogP contribution in [0.2, 0.25) is 0 Å². The summed E-state index contributed by atoms with van der Waals surface area (Å²) in [6.45, 7) is 6.21. The van der Waals surface area contributed by atoms with E-state index in [9.17, 15) is 9.90 Å². The first kappa shape index (κ1) is 21.2. The molecule has 116 valence electrons. The number of unbranched alkanes of at least 4 members (excludes halogenated alkanes) is 9. The molecule has 0 aromatic carbocycles. The van der Waals surface area contributed by atoms with Crippen molar-refractivity contribution in [3.05, 3.63) is 12.2 Å². The van der Waals surface area contributed by atoms with Gasteiger partial charge in [-0.15, -0.1) is 0 Å². The standard InChI is InChI=1S/C18H32O2.Na/c1-3-4-5-6-7-8-9-10-11-12-13-16-15(2)17(16)14-18(19)20;/h16-17H,2-14H2,1H3,(H,19,20);/q;+1/p-1/t16-,17+;/m0./s1. The van der Waals surface area contributed by atoms with Gasteiger partial charge in [-0.3, -0.25) is 0 Å². The molecule has 0 N–H and O–H groups in total. The van der Waals surface area contributed by atoms with Gasteiger partial charge >= 0.3 is 29.6 Å². The molecule has 0 radical (unpaired) electrons. The summed E-state index contributed by atoms with van der Waals surface area (Å²) in [7, 11) is 0.